The van der Waals surface area contributed by atoms with Gasteiger partial charge in [-0.25, -0.2) is 9.97 Å². The molecule has 0 atom stereocenters. The van der Waals surface area contributed by atoms with E-state index >= 15 is 0 Å². The van der Waals surface area contributed by atoms with E-state index < -0.39 is 0 Å². The first kappa shape index (κ1) is 17.0. The smallest absolute Gasteiger partial charge is 0.262 e. The highest BCUT2D eigenvalue weighted by atomic mass is 32.2. The van der Waals surface area contributed by atoms with E-state index in [1.165, 1.54) is 0 Å². The van der Waals surface area contributed by atoms with Crippen LogP contribution >= 0.6 is 23.1 Å². The van der Waals surface area contributed by atoms with Crippen LogP contribution in [0.1, 0.15) is 16.3 Å². The summed E-state index contributed by atoms with van der Waals surface area (Å²) in [6.45, 7) is 2.51. The molecule has 0 bridgehead atoms. The van der Waals surface area contributed by atoms with E-state index in [2.05, 4.69) is 10.4 Å². The summed E-state index contributed by atoms with van der Waals surface area (Å²) >= 11 is 3.20. The summed E-state index contributed by atoms with van der Waals surface area (Å²) in [6.07, 6.45) is 0. The minimum atomic E-state index is -0.00332. The molecule has 2 heterocycles. The third kappa shape index (κ3) is 3.57. The van der Waals surface area contributed by atoms with Crippen LogP contribution in [0.25, 0.3) is 10.9 Å². The maximum atomic E-state index is 13.1. The van der Waals surface area contributed by atoms with Gasteiger partial charge >= 0.3 is 0 Å². The van der Waals surface area contributed by atoms with Crippen molar-refractivity contribution >= 4 is 34.0 Å². The Kier molecular flexibility index (Phi) is 4.86. The van der Waals surface area contributed by atoms with Crippen molar-refractivity contribution < 1.29 is 0 Å². The van der Waals surface area contributed by atoms with E-state index in [9.17, 15) is 4.79 Å². The van der Waals surface area contributed by atoms with Gasteiger partial charge in [0.1, 0.15) is 0 Å². The second-order valence-electron chi connectivity index (χ2n) is 5.93. The van der Waals surface area contributed by atoms with Crippen LogP contribution < -0.4 is 5.56 Å². The third-order valence-corrected chi connectivity index (χ3v) is 5.86. The first-order chi connectivity index (χ1) is 12.7. The lowest BCUT2D eigenvalue weighted by atomic mass is 10.2. The van der Waals surface area contributed by atoms with Gasteiger partial charge in [-0.1, -0.05) is 54.2 Å². The van der Waals surface area contributed by atoms with Gasteiger partial charge < -0.3 is 0 Å². The number of thiazole rings is 1. The van der Waals surface area contributed by atoms with Crippen molar-refractivity contribution in [3.05, 3.63) is 86.6 Å². The molecule has 26 heavy (non-hydrogen) atoms. The molecule has 4 nitrogen and oxygen atoms in total. The highest BCUT2D eigenvalue weighted by Gasteiger charge is 2.12. The normalized spacial score (nSPS) is 11.1. The van der Waals surface area contributed by atoms with Crippen molar-refractivity contribution in [2.45, 2.75) is 24.4 Å². The molecule has 6 heteroatoms. The molecule has 2 aromatic heterocycles. The Bertz CT molecular complexity index is 1100. The summed E-state index contributed by atoms with van der Waals surface area (Å²) in [5, 5.41) is 4.48. The van der Waals surface area contributed by atoms with E-state index in [1.54, 1.807) is 27.7 Å². The minimum Gasteiger partial charge on any atom is -0.283 e. The lowest BCUT2D eigenvalue weighted by Gasteiger charge is -2.13. The van der Waals surface area contributed by atoms with Gasteiger partial charge in [-0.3, -0.25) is 9.36 Å². The number of fused-ring (bicyclic) bond motifs is 1. The fourth-order valence-corrected chi connectivity index (χ4v) is 4.39. The fraction of sp³-hybridized carbons (Fsp3) is 0.150. The summed E-state index contributed by atoms with van der Waals surface area (Å²) in [6, 6.07) is 17.5. The lowest BCUT2D eigenvalue weighted by Crippen LogP contribution is -2.24. The predicted molar refractivity (Wildman–Crippen MR) is 108 cm³/mol. The molecule has 0 fully saturated rings. The number of thioether (sulfide) groups is 1. The van der Waals surface area contributed by atoms with Crippen LogP contribution in [0.4, 0.5) is 0 Å². The summed E-state index contributed by atoms with van der Waals surface area (Å²) in [5.74, 6) is 0.698. The highest BCUT2D eigenvalue weighted by Crippen LogP contribution is 2.23. The van der Waals surface area contributed by atoms with Crippen molar-refractivity contribution in [3.8, 4) is 0 Å². The van der Waals surface area contributed by atoms with Gasteiger partial charge in [-0.05, 0) is 24.6 Å². The second kappa shape index (κ2) is 7.43. The number of nitrogens with zero attached hydrogens (tertiary/aromatic N) is 3. The second-order valence-corrected chi connectivity index (χ2v) is 7.94. The zero-order chi connectivity index (χ0) is 17.9. The highest BCUT2D eigenvalue weighted by molar-refractivity contribution is 7.98. The van der Waals surface area contributed by atoms with E-state index in [-0.39, 0.29) is 5.56 Å². The maximum absolute atomic E-state index is 13.1. The maximum Gasteiger partial charge on any atom is 0.262 e. The van der Waals surface area contributed by atoms with Crippen LogP contribution in [-0.4, -0.2) is 14.5 Å². The summed E-state index contributed by atoms with van der Waals surface area (Å²) in [4.78, 5) is 22.3. The largest absolute Gasteiger partial charge is 0.283 e. The Labute approximate surface area is 159 Å². The van der Waals surface area contributed by atoms with E-state index in [4.69, 9.17) is 4.98 Å². The molecular weight excluding hydrogens is 362 g/mol. The van der Waals surface area contributed by atoms with Gasteiger partial charge in [0.05, 0.1) is 28.1 Å². The van der Waals surface area contributed by atoms with Crippen molar-refractivity contribution in [2.75, 3.05) is 0 Å². The number of aryl methyl sites for hydroxylation is 1. The van der Waals surface area contributed by atoms with Gasteiger partial charge in [0.15, 0.2) is 5.16 Å². The monoisotopic (exact) mass is 379 g/mol. The average molecular weight is 380 g/mol. The van der Waals surface area contributed by atoms with Crippen molar-refractivity contribution in [1.29, 1.82) is 0 Å². The van der Waals surface area contributed by atoms with Crippen LogP contribution in [-0.2, 0) is 12.3 Å². The lowest BCUT2D eigenvalue weighted by molar-refractivity contribution is 0.658. The molecule has 4 aromatic rings. The molecule has 0 saturated carbocycles. The standard InChI is InChI=1S/C20H17N3OS2/c1-14-21-16(12-25-14)13-26-20-22-18-10-6-5-9-17(18)19(24)23(20)11-15-7-3-2-4-8-15/h2-10,12H,11,13H2,1H3. The molecule has 0 saturated heterocycles. The number of para-hydroxylation sites is 1. The molecule has 0 radical (unpaired) electrons. The van der Waals surface area contributed by atoms with Crippen LogP contribution in [0.2, 0.25) is 0 Å². The van der Waals surface area contributed by atoms with Crippen molar-refractivity contribution in [3.63, 3.8) is 0 Å². The molecule has 0 aliphatic carbocycles. The SMILES string of the molecule is Cc1nc(CSc2nc3ccccc3c(=O)n2Cc2ccccc2)cs1. The van der Waals surface area contributed by atoms with E-state index in [1.807, 2.05) is 61.5 Å². The van der Waals surface area contributed by atoms with Crippen LogP contribution in [0, 0.1) is 6.92 Å². The van der Waals surface area contributed by atoms with Crippen LogP contribution in [0.3, 0.4) is 0 Å². The number of hydrogen-bond acceptors (Lipinski definition) is 5. The number of hydrogen-bond donors (Lipinski definition) is 0. The molecule has 0 amide bonds. The molecule has 130 valence electrons. The molecule has 0 unspecified atom stereocenters. The van der Waals surface area contributed by atoms with Gasteiger partial charge in [0, 0.05) is 11.1 Å². The van der Waals surface area contributed by atoms with Crippen molar-refractivity contribution in [2.24, 2.45) is 0 Å². The molecule has 0 N–H and O–H groups in total. The summed E-state index contributed by atoms with van der Waals surface area (Å²) in [7, 11) is 0. The quantitative estimate of drug-likeness (QED) is 0.378. The van der Waals surface area contributed by atoms with Gasteiger partial charge in [0.25, 0.3) is 5.56 Å². The summed E-state index contributed by atoms with van der Waals surface area (Å²) < 4.78 is 1.77. The predicted octanol–water partition coefficient (Wildman–Crippen LogP) is 4.50. The molecule has 0 aliphatic rings. The fourth-order valence-electron chi connectivity index (χ4n) is 2.78. The zero-order valence-electron chi connectivity index (χ0n) is 14.3. The van der Waals surface area contributed by atoms with E-state index in [0.717, 1.165) is 26.9 Å². The van der Waals surface area contributed by atoms with Gasteiger partial charge in [-0.15, -0.1) is 11.3 Å². The summed E-state index contributed by atoms with van der Waals surface area (Å²) in [5.41, 5.74) is 2.83. The number of benzene rings is 2. The number of rotatable bonds is 5. The molecule has 2 aromatic carbocycles. The van der Waals surface area contributed by atoms with E-state index in [0.29, 0.717) is 17.7 Å². The van der Waals surface area contributed by atoms with Crippen LogP contribution in [0.5, 0.6) is 0 Å². The van der Waals surface area contributed by atoms with Crippen LogP contribution in [0.15, 0.2) is 69.9 Å². The Morgan fingerprint density at radius 1 is 1.04 bits per heavy atom. The van der Waals surface area contributed by atoms with Gasteiger partial charge in [0.2, 0.25) is 0 Å². The van der Waals surface area contributed by atoms with Crippen molar-refractivity contribution in [1.82, 2.24) is 14.5 Å². The first-order valence-corrected chi connectivity index (χ1v) is 10.1. The van der Waals surface area contributed by atoms with Gasteiger partial charge in [-0.2, -0.15) is 0 Å². The first-order valence-electron chi connectivity index (χ1n) is 8.28. The molecule has 0 spiro atoms. The third-order valence-electron chi connectivity index (χ3n) is 4.03. The molecular formula is C20H17N3OS2. The number of aromatic nitrogens is 3. The molecule has 4 rings (SSSR count). The zero-order valence-corrected chi connectivity index (χ0v) is 15.9. The Morgan fingerprint density at radius 3 is 2.58 bits per heavy atom. The topological polar surface area (TPSA) is 47.8 Å². The average Bonchev–Trinajstić information content (AvgIpc) is 3.09. The molecule has 0 aliphatic heterocycles. The Morgan fingerprint density at radius 2 is 1.81 bits per heavy atom. The Balaban J connectivity index is 1.75. The Hall–Kier alpha value is -2.44. The minimum absolute atomic E-state index is 0.00332.